The molecule has 10 heteroatoms. The van der Waals surface area contributed by atoms with Crippen LogP contribution in [-0.2, 0) is 15.7 Å². The lowest BCUT2D eigenvalue weighted by Gasteiger charge is -2.12. The number of carbonyl (C=O) groups is 2. The summed E-state index contributed by atoms with van der Waals surface area (Å²) in [5.41, 5.74) is -1.09. The third-order valence-corrected chi connectivity index (χ3v) is 4.32. The van der Waals surface area contributed by atoms with Gasteiger partial charge in [0.1, 0.15) is 5.75 Å². The first-order chi connectivity index (χ1) is 12.6. The van der Waals surface area contributed by atoms with Gasteiger partial charge in [-0.1, -0.05) is 11.6 Å². The number of carbonyl (C=O) groups excluding carboxylic acids is 2. The van der Waals surface area contributed by atoms with Gasteiger partial charge in [0.25, 0.3) is 5.91 Å². The number of ether oxygens (including phenoxy) is 2. The lowest BCUT2D eigenvalue weighted by molar-refractivity contribution is -0.137. The highest BCUT2D eigenvalue weighted by Gasteiger charge is 2.31. The molecule has 0 saturated heterocycles. The van der Waals surface area contributed by atoms with Crippen LogP contribution in [0.15, 0.2) is 40.9 Å². The lowest BCUT2D eigenvalue weighted by atomic mass is 10.2. The monoisotopic (exact) mass is 465 g/mol. The van der Waals surface area contributed by atoms with Crippen molar-refractivity contribution in [3.63, 3.8) is 0 Å². The van der Waals surface area contributed by atoms with Crippen LogP contribution < -0.4 is 10.1 Å². The van der Waals surface area contributed by atoms with E-state index >= 15 is 0 Å². The number of hydrogen-bond donors (Lipinski definition) is 1. The zero-order chi connectivity index (χ0) is 20.2. The van der Waals surface area contributed by atoms with Gasteiger partial charge in [-0.2, -0.15) is 13.2 Å². The van der Waals surface area contributed by atoms with Crippen LogP contribution in [0.4, 0.5) is 18.9 Å². The van der Waals surface area contributed by atoms with Gasteiger partial charge < -0.3 is 14.8 Å². The highest BCUT2D eigenvalue weighted by atomic mass is 79.9. The van der Waals surface area contributed by atoms with Crippen molar-refractivity contribution in [2.24, 2.45) is 0 Å². The molecular formula is C17H12BrClF3NO4. The maximum Gasteiger partial charge on any atom is 0.416 e. The Hall–Kier alpha value is -2.26. The first-order valence-corrected chi connectivity index (χ1v) is 8.46. The SMILES string of the molecule is COc1ccc(Br)c(C(=O)OCC(=O)Nc2cc(C(F)(F)F)ccc2Cl)c1. The maximum atomic E-state index is 12.7. The van der Waals surface area contributed by atoms with E-state index in [2.05, 4.69) is 21.2 Å². The molecule has 0 aliphatic rings. The fourth-order valence-electron chi connectivity index (χ4n) is 1.98. The van der Waals surface area contributed by atoms with Gasteiger partial charge in [-0.25, -0.2) is 4.79 Å². The van der Waals surface area contributed by atoms with Gasteiger partial charge in [-0.15, -0.1) is 0 Å². The second-order valence-electron chi connectivity index (χ2n) is 5.16. The van der Waals surface area contributed by atoms with E-state index in [1.165, 1.54) is 13.2 Å². The molecule has 0 aliphatic carbocycles. The minimum atomic E-state index is -4.59. The van der Waals surface area contributed by atoms with E-state index in [1.807, 2.05) is 0 Å². The van der Waals surface area contributed by atoms with E-state index in [0.717, 1.165) is 12.1 Å². The maximum absolute atomic E-state index is 12.7. The first-order valence-electron chi connectivity index (χ1n) is 7.29. The number of esters is 1. The molecule has 2 aromatic rings. The van der Waals surface area contributed by atoms with Crippen LogP contribution in [0.1, 0.15) is 15.9 Å². The third kappa shape index (κ3) is 5.61. The summed E-state index contributed by atoms with van der Waals surface area (Å²) in [4.78, 5) is 24.0. The van der Waals surface area contributed by atoms with Crippen molar-refractivity contribution >= 4 is 45.1 Å². The molecule has 1 N–H and O–H groups in total. The normalized spacial score (nSPS) is 11.0. The molecule has 0 aromatic heterocycles. The average Bonchev–Trinajstić information content (AvgIpc) is 2.61. The molecule has 2 aromatic carbocycles. The molecule has 27 heavy (non-hydrogen) atoms. The van der Waals surface area contributed by atoms with E-state index in [0.29, 0.717) is 16.3 Å². The van der Waals surface area contributed by atoms with Crippen LogP contribution in [0.2, 0.25) is 5.02 Å². The number of halogens is 5. The smallest absolute Gasteiger partial charge is 0.416 e. The summed E-state index contributed by atoms with van der Waals surface area (Å²) in [5.74, 6) is -1.25. The van der Waals surface area contributed by atoms with Crippen LogP contribution in [0.25, 0.3) is 0 Å². The van der Waals surface area contributed by atoms with Crippen LogP contribution in [0.3, 0.4) is 0 Å². The van der Waals surface area contributed by atoms with E-state index in [-0.39, 0.29) is 16.3 Å². The van der Waals surface area contributed by atoms with Crippen LogP contribution >= 0.6 is 27.5 Å². The van der Waals surface area contributed by atoms with Crippen molar-refractivity contribution < 1.29 is 32.2 Å². The van der Waals surface area contributed by atoms with Gasteiger partial charge in [-0.3, -0.25) is 4.79 Å². The van der Waals surface area contributed by atoms with Crippen LogP contribution in [0, 0.1) is 0 Å². The average molecular weight is 467 g/mol. The Morgan fingerprint density at radius 2 is 1.89 bits per heavy atom. The summed E-state index contributed by atoms with van der Waals surface area (Å²) in [6, 6.07) is 7.09. The summed E-state index contributed by atoms with van der Waals surface area (Å²) in [7, 11) is 1.42. The number of anilines is 1. The Balaban J connectivity index is 2.04. The number of methoxy groups -OCH3 is 1. The second-order valence-corrected chi connectivity index (χ2v) is 6.42. The standard InChI is InChI=1S/C17H12BrClF3NO4/c1-26-10-3-4-12(18)11(7-10)16(25)27-8-15(24)23-14-6-9(17(20,21)22)2-5-13(14)19/h2-7H,8H2,1H3,(H,23,24). The molecule has 0 unspecified atom stereocenters. The molecule has 0 atom stereocenters. The van der Waals surface area contributed by atoms with Gasteiger partial charge in [0.2, 0.25) is 0 Å². The van der Waals surface area contributed by atoms with Gasteiger partial charge >= 0.3 is 12.1 Å². The minimum Gasteiger partial charge on any atom is -0.497 e. The van der Waals surface area contributed by atoms with Crippen LogP contribution in [-0.4, -0.2) is 25.6 Å². The Morgan fingerprint density at radius 3 is 2.52 bits per heavy atom. The molecule has 5 nitrogen and oxygen atoms in total. The third-order valence-electron chi connectivity index (χ3n) is 3.30. The molecule has 0 saturated carbocycles. The summed E-state index contributed by atoms with van der Waals surface area (Å²) in [6.45, 7) is -0.713. The van der Waals surface area contributed by atoms with Gasteiger partial charge in [0, 0.05) is 4.47 Å². The highest BCUT2D eigenvalue weighted by molar-refractivity contribution is 9.10. The van der Waals surface area contributed by atoms with Crippen molar-refractivity contribution in [3.8, 4) is 5.75 Å². The topological polar surface area (TPSA) is 64.6 Å². The van der Waals surface area contributed by atoms with Crippen molar-refractivity contribution in [3.05, 3.63) is 57.0 Å². The summed E-state index contributed by atoms with van der Waals surface area (Å²) < 4.78 is 48.5. The van der Waals surface area contributed by atoms with Gasteiger partial charge in [0.05, 0.1) is 28.9 Å². The Kier molecular flexibility index (Phi) is 6.72. The summed E-state index contributed by atoms with van der Waals surface area (Å²) in [5, 5.41) is 2.10. The number of hydrogen-bond acceptors (Lipinski definition) is 4. The minimum absolute atomic E-state index is 0.0850. The Bertz CT molecular complexity index is 874. The molecule has 0 heterocycles. The fraction of sp³-hybridized carbons (Fsp3) is 0.176. The predicted octanol–water partition coefficient (Wildman–Crippen LogP) is 4.93. The van der Waals surface area contributed by atoms with Gasteiger partial charge in [-0.05, 0) is 52.3 Å². The predicted molar refractivity (Wildman–Crippen MR) is 96.1 cm³/mol. The molecular weight excluding hydrogens is 455 g/mol. The van der Waals surface area contributed by atoms with E-state index in [9.17, 15) is 22.8 Å². The molecule has 0 fully saturated rings. The van der Waals surface area contributed by atoms with E-state index in [4.69, 9.17) is 21.1 Å². The summed E-state index contributed by atoms with van der Waals surface area (Å²) in [6.07, 6.45) is -4.59. The van der Waals surface area contributed by atoms with E-state index < -0.39 is 30.2 Å². The van der Waals surface area contributed by atoms with Gasteiger partial charge in [0.15, 0.2) is 6.61 Å². The highest BCUT2D eigenvalue weighted by Crippen LogP contribution is 2.33. The van der Waals surface area contributed by atoms with E-state index in [1.54, 1.807) is 12.1 Å². The number of benzene rings is 2. The summed E-state index contributed by atoms with van der Waals surface area (Å²) >= 11 is 8.97. The lowest BCUT2D eigenvalue weighted by Crippen LogP contribution is -2.21. The van der Waals surface area contributed by atoms with Crippen molar-refractivity contribution in [2.75, 3.05) is 19.0 Å². The zero-order valence-corrected chi connectivity index (χ0v) is 16.0. The number of alkyl halides is 3. The fourth-order valence-corrected chi connectivity index (χ4v) is 2.55. The zero-order valence-electron chi connectivity index (χ0n) is 13.7. The molecule has 1 amide bonds. The van der Waals surface area contributed by atoms with Crippen molar-refractivity contribution in [2.45, 2.75) is 6.18 Å². The quantitative estimate of drug-likeness (QED) is 0.635. The largest absolute Gasteiger partial charge is 0.497 e. The van der Waals surface area contributed by atoms with Crippen molar-refractivity contribution in [1.29, 1.82) is 0 Å². The number of nitrogens with one attached hydrogen (secondary N) is 1. The molecule has 0 spiro atoms. The Labute approximate surface area is 165 Å². The molecule has 144 valence electrons. The number of rotatable bonds is 5. The Morgan fingerprint density at radius 1 is 1.19 bits per heavy atom. The molecule has 0 aliphatic heterocycles. The van der Waals surface area contributed by atoms with Crippen molar-refractivity contribution in [1.82, 2.24) is 0 Å². The molecule has 0 bridgehead atoms. The molecule has 0 radical (unpaired) electrons. The first kappa shape index (κ1) is 21.0. The number of amides is 1. The second kappa shape index (κ2) is 8.62. The van der Waals surface area contributed by atoms with Crippen LogP contribution in [0.5, 0.6) is 5.75 Å². The molecule has 2 rings (SSSR count).